The van der Waals surface area contributed by atoms with Crippen LogP contribution in [0.1, 0.15) is 6.92 Å². The van der Waals surface area contributed by atoms with Crippen LogP contribution in [0.3, 0.4) is 0 Å². The van der Waals surface area contributed by atoms with Gasteiger partial charge in [0.25, 0.3) is 0 Å². The van der Waals surface area contributed by atoms with Crippen molar-refractivity contribution in [2.75, 3.05) is 13.2 Å². The van der Waals surface area contributed by atoms with Gasteiger partial charge in [-0.2, -0.15) is 0 Å². The van der Waals surface area contributed by atoms with E-state index in [1.807, 2.05) is 0 Å². The number of aliphatic hydroxyl groups excluding tert-OH is 8. The molecule has 19 nitrogen and oxygen atoms in total. The third-order valence-electron chi connectivity index (χ3n) is 8.90. The number of hydrogen-bond acceptors (Lipinski definition) is 19. The van der Waals surface area contributed by atoms with Gasteiger partial charge in [0.05, 0.1) is 19.3 Å². The molecule has 3 unspecified atom stereocenters. The van der Waals surface area contributed by atoms with E-state index < -0.39 is 127 Å². The molecule has 3 saturated heterocycles. The topological polar surface area (TPSA) is 308 Å². The van der Waals surface area contributed by atoms with Crippen molar-refractivity contribution >= 4 is 11.0 Å². The highest BCUT2D eigenvalue weighted by Crippen LogP contribution is 2.38. The molecule has 3 fully saturated rings. The van der Waals surface area contributed by atoms with Crippen molar-refractivity contribution in [3.63, 3.8) is 0 Å². The summed E-state index contributed by atoms with van der Waals surface area (Å²) in [5, 5.41) is 114. The maximum absolute atomic E-state index is 14.0. The second-order valence-corrected chi connectivity index (χ2v) is 12.5. The molecule has 1 aromatic heterocycles. The normalized spacial score (nSPS) is 37.4. The maximum Gasteiger partial charge on any atom is 0.239 e. The summed E-state index contributed by atoms with van der Waals surface area (Å²) >= 11 is 0. The van der Waals surface area contributed by atoms with E-state index in [0.717, 1.165) is 12.1 Å². The molecule has 0 spiro atoms. The lowest BCUT2D eigenvalue weighted by atomic mass is 9.98. The quantitative estimate of drug-likeness (QED) is 0.111. The molecule has 3 aromatic rings. The minimum atomic E-state index is -1.99. The summed E-state index contributed by atoms with van der Waals surface area (Å²) < 4.78 is 39.9. The Morgan fingerprint density at radius 3 is 2.14 bits per heavy atom. The van der Waals surface area contributed by atoms with Gasteiger partial charge in [-0.3, -0.25) is 4.79 Å². The number of hydrogen-bond donors (Lipinski definition) is 11. The van der Waals surface area contributed by atoms with Gasteiger partial charge in [-0.1, -0.05) is 0 Å². The molecule has 4 heterocycles. The third kappa shape index (κ3) is 7.22. The highest BCUT2D eigenvalue weighted by atomic mass is 16.8. The summed E-state index contributed by atoms with van der Waals surface area (Å²) in [7, 11) is 0. The summed E-state index contributed by atoms with van der Waals surface area (Å²) in [6.45, 7) is 0.243. The molecule has 0 bridgehead atoms. The van der Waals surface area contributed by atoms with Crippen LogP contribution in [0, 0.1) is 0 Å². The third-order valence-corrected chi connectivity index (χ3v) is 8.90. The van der Waals surface area contributed by atoms with Crippen LogP contribution < -0.4 is 10.2 Å². The summed E-state index contributed by atoms with van der Waals surface area (Å²) in [6.07, 6.45) is -23.4. The van der Waals surface area contributed by atoms with Gasteiger partial charge in [-0.15, -0.1) is 0 Å². The molecule has 51 heavy (non-hydrogen) atoms. The number of benzene rings is 2. The van der Waals surface area contributed by atoms with Crippen LogP contribution in [0.25, 0.3) is 22.3 Å². The minimum absolute atomic E-state index is 0.139. The van der Waals surface area contributed by atoms with Gasteiger partial charge in [0.1, 0.15) is 83.2 Å². The standard InChI is InChI=1S/C32H38O19/c1-10-19(37)23(41)26(44)30(47-10)46-9-17-21(39)24(42)29(51-31-25(43)20(38)15(36)8-45-31)32(49-17)50-28-22(40)18-14(35)6-13(34)7-16(18)48-27(28)11-2-4-12(33)5-3-11/h2-7,10,15,17,19-21,23-26,29-39,41-44H,8-9H2,1H3/t10-,15-,17-,19-,20+,21-,23+,24+,25-,26+,29-,30?,31?,32?/m1/s1. The summed E-state index contributed by atoms with van der Waals surface area (Å²) in [4.78, 5) is 14.0. The van der Waals surface area contributed by atoms with E-state index in [-0.39, 0.29) is 22.7 Å². The van der Waals surface area contributed by atoms with Gasteiger partial charge >= 0.3 is 0 Å². The van der Waals surface area contributed by atoms with Crippen LogP contribution in [0.15, 0.2) is 45.6 Å². The average Bonchev–Trinajstić information content (AvgIpc) is 3.09. The average molecular weight is 727 g/mol. The largest absolute Gasteiger partial charge is 0.508 e. The van der Waals surface area contributed by atoms with Gasteiger partial charge in [-0.25, -0.2) is 0 Å². The highest BCUT2D eigenvalue weighted by molar-refractivity contribution is 5.88. The first-order chi connectivity index (χ1) is 24.2. The first-order valence-electron chi connectivity index (χ1n) is 15.8. The number of phenolic OH excluding ortho intramolecular Hbond substituents is 3. The van der Waals surface area contributed by atoms with Crippen molar-refractivity contribution < 1.29 is 89.0 Å². The van der Waals surface area contributed by atoms with Crippen molar-refractivity contribution in [2.45, 2.75) is 92.9 Å². The Balaban J connectivity index is 1.38. The van der Waals surface area contributed by atoms with E-state index in [1.165, 1.54) is 31.2 Å². The zero-order valence-corrected chi connectivity index (χ0v) is 26.6. The SMILES string of the molecule is C[C@H]1OC(OC[C@H]2OC(Oc3c(-c4ccc(O)cc4)oc4cc(O)cc(O)c4c3=O)[C@H](OC3OC[C@@H](O)[C@H](O)[C@H]3O)[C@@H](O)[C@@H]2O)[C@@H](O)[C@@H](O)[C@@H]1O. The Morgan fingerprint density at radius 1 is 0.745 bits per heavy atom. The first-order valence-corrected chi connectivity index (χ1v) is 15.8. The molecule has 3 aliphatic heterocycles. The van der Waals surface area contributed by atoms with E-state index in [0.29, 0.717) is 0 Å². The lowest BCUT2D eigenvalue weighted by Crippen LogP contribution is -2.64. The second kappa shape index (κ2) is 14.8. The molecule has 11 N–H and O–H groups in total. The molecular weight excluding hydrogens is 688 g/mol. The molecule has 0 amide bonds. The zero-order chi connectivity index (χ0) is 36.9. The predicted octanol–water partition coefficient (Wildman–Crippen LogP) is -2.93. The van der Waals surface area contributed by atoms with Crippen LogP contribution in [-0.2, 0) is 23.7 Å². The molecule has 19 heteroatoms. The van der Waals surface area contributed by atoms with Crippen molar-refractivity contribution in [1.29, 1.82) is 0 Å². The predicted molar refractivity (Wildman–Crippen MR) is 165 cm³/mol. The molecular formula is C32H38O19. The highest BCUT2D eigenvalue weighted by Gasteiger charge is 2.51. The molecule has 280 valence electrons. The summed E-state index contributed by atoms with van der Waals surface area (Å²) in [5.41, 5.74) is -1.15. The summed E-state index contributed by atoms with van der Waals surface area (Å²) in [6, 6.07) is 7.15. The van der Waals surface area contributed by atoms with E-state index in [9.17, 15) is 61.0 Å². The Labute approximate surface area is 287 Å². The van der Waals surface area contributed by atoms with E-state index in [1.54, 1.807) is 0 Å². The number of phenols is 3. The van der Waals surface area contributed by atoms with Crippen molar-refractivity contribution in [3.05, 3.63) is 46.6 Å². The Kier molecular flexibility index (Phi) is 10.7. The molecule has 0 aliphatic carbocycles. The molecule has 3 aliphatic rings. The molecule has 0 radical (unpaired) electrons. The minimum Gasteiger partial charge on any atom is -0.508 e. The van der Waals surface area contributed by atoms with Crippen molar-refractivity contribution in [3.8, 4) is 34.3 Å². The van der Waals surface area contributed by atoms with Gasteiger partial charge in [-0.05, 0) is 31.2 Å². The number of aromatic hydroxyl groups is 3. The fourth-order valence-corrected chi connectivity index (χ4v) is 5.97. The molecule has 0 saturated carbocycles. The smallest absolute Gasteiger partial charge is 0.239 e. The monoisotopic (exact) mass is 726 g/mol. The number of ether oxygens (including phenoxy) is 6. The molecule has 6 rings (SSSR count). The fourth-order valence-electron chi connectivity index (χ4n) is 5.97. The zero-order valence-electron chi connectivity index (χ0n) is 26.6. The second-order valence-electron chi connectivity index (χ2n) is 12.5. The van der Waals surface area contributed by atoms with Crippen LogP contribution in [-0.4, -0.2) is 155 Å². The Bertz CT molecular complexity index is 1730. The van der Waals surface area contributed by atoms with Gasteiger partial charge in [0.2, 0.25) is 17.5 Å². The number of rotatable bonds is 8. The first kappa shape index (κ1) is 37.1. The lowest BCUT2D eigenvalue weighted by Gasteiger charge is -2.45. The summed E-state index contributed by atoms with van der Waals surface area (Å²) in [5.74, 6) is -2.27. The van der Waals surface area contributed by atoms with Crippen LogP contribution in [0.4, 0.5) is 0 Å². The lowest BCUT2D eigenvalue weighted by molar-refractivity contribution is -0.352. The number of aliphatic hydroxyl groups is 8. The molecule has 2 aromatic carbocycles. The Morgan fingerprint density at radius 2 is 1.43 bits per heavy atom. The van der Waals surface area contributed by atoms with E-state index in [2.05, 4.69) is 0 Å². The van der Waals surface area contributed by atoms with Gasteiger partial charge in [0.15, 0.2) is 24.4 Å². The van der Waals surface area contributed by atoms with Gasteiger partial charge < -0.3 is 89.0 Å². The van der Waals surface area contributed by atoms with E-state index in [4.69, 9.17) is 32.8 Å². The fraction of sp³-hybridized carbons (Fsp3) is 0.531. The Hall–Kier alpha value is -3.67. The number of fused-ring (bicyclic) bond motifs is 1. The van der Waals surface area contributed by atoms with Crippen LogP contribution >= 0.6 is 0 Å². The van der Waals surface area contributed by atoms with Crippen molar-refractivity contribution in [2.24, 2.45) is 0 Å². The van der Waals surface area contributed by atoms with Crippen LogP contribution in [0.5, 0.6) is 23.0 Å². The maximum atomic E-state index is 14.0. The van der Waals surface area contributed by atoms with Crippen molar-refractivity contribution in [1.82, 2.24) is 0 Å². The van der Waals surface area contributed by atoms with Gasteiger partial charge in [0, 0.05) is 17.7 Å². The van der Waals surface area contributed by atoms with E-state index >= 15 is 0 Å². The van der Waals surface area contributed by atoms with Crippen LogP contribution in [0.2, 0.25) is 0 Å². The molecule has 14 atom stereocenters.